The van der Waals surface area contributed by atoms with Gasteiger partial charge < -0.3 is 19.3 Å². The summed E-state index contributed by atoms with van der Waals surface area (Å²) in [6, 6.07) is 9.14. The van der Waals surface area contributed by atoms with Crippen LogP contribution in [0.25, 0.3) is 0 Å². The fourth-order valence-corrected chi connectivity index (χ4v) is 5.53. The Hall–Kier alpha value is -2.13. The second kappa shape index (κ2) is 10.2. The van der Waals surface area contributed by atoms with E-state index >= 15 is 0 Å². The smallest absolute Gasteiger partial charge is 0.338 e. The molecule has 1 saturated heterocycles. The van der Waals surface area contributed by atoms with Gasteiger partial charge in [0.25, 0.3) is 0 Å². The average molecular weight is 439 g/mol. The predicted molar refractivity (Wildman–Crippen MR) is 122 cm³/mol. The predicted octanol–water partition coefficient (Wildman–Crippen LogP) is 4.36. The van der Waals surface area contributed by atoms with Crippen molar-refractivity contribution in [1.82, 2.24) is 0 Å². The summed E-state index contributed by atoms with van der Waals surface area (Å²) in [6.45, 7) is 5.16. The van der Waals surface area contributed by atoms with Gasteiger partial charge in [-0.3, -0.25) is 0 Å². The van der Waals surface area contributed by atoms with Gasteiger partial charge in [-0.25, -0.2) is 4.79 Å². The van der Waals surface area contributed by atoms with Gasteiger partial charge in [0.05, 0.1) is 24.9 Å². The lowest BCUT2D eigenvalue weighted by Crippen LogP contribution is -2.31. The molecular formula is C27H34O5. The zero-order chi connectivity index (χ0) is 22.6. The Bertz CT molecular complexity index is 861. The number of rotatable bonds is 7. The molecule has 1 aliphatic heterocycles. The standard InChI is InChI=1S/C27H34O5/c1-3-4-6-9-19(2)24(28)13-12-22-23-18-27(30-14-15-31-27)17-21(23)16-25(22)32-26(29)20-10-7-5-8-11-20/h5,7-8,10-13,19,21-25,28H,6,9,14-18H2,1-2H3/t19?,21-,22-,23+,24-,25-/m1/s1. The Morgan fingerprint density at radius 2 is 2.03 bits per heavy atom. The fourth-order valence-electron chi connectivity index (χ4n) is 5.53. The summed E-state index contributed by atoms with van der Waals surface area (Å²) in [5.74, 6) is 6.05. The third-order valence-corrected chi connectivity index (χ3v) is 7.28. The highest BCUT2D eigenvalue weighted by Gasteiger charge is 2.57. The molecule has 4 rings (SSSR count). The van der Waals surface area contributed by atoms with Crippen LogP contribution in [0.1, 0.15) is 56.3 Å². The molecule has 5 heteroatoms. The number of hydrogen-bond acceptors (Lipinski definition) is 5. The summed E-state index contributed by atoms with van der Waals surface area (Å²) in [7, 11) is 0. The second-order valence-corrected chi connectivity index (χ2v) is 9.38. The van der Waals surface area contributed by atoms with E-state index < -0.39 is 11.9 Å². The number of aliphatic hydroxyl groups excluding tert-OH is 1. The van der Waals surface area contributed by atoms with Crippen molar-refractivity contribution in [3.63, 3.8) is 0 Å². The van der Waals surface area contributed by atoms with Crippen LogP contribution < -0.4 is 0 Å². The molecule has 2 saturated carbocycles. The van der Waals surface area contributed by atoms with E-state index in [0.29, 0.717) is 30.6 Å². The van der Waals surface area contributed by atoms with Gasteiger partial charge in [0.1, 0.15) is 6.10 Å². The Labute approximate surface area is 191 Å². The van der Waals surface area contributed by atoms with E-state index in [9.17, 15) is 9.90 Å². The summed E-state index contributed by atoms with van der Waals surface area (Å²) >= 11 is 0. The number of aliphatic hydroxyl groups is 1. The minimum atomic E-state index is -0.549. The monoisotopic (exact) mass is 438 g/mol. The Morgan fingerprint density at radius 3 is 2.75 bits per heavy atom. The van der Waals surface area contributed by atoms with Crippen molar-refractivity contribution in [1.29, 1.82) is 0 Å². The van der Waals surface area contributed by atoms with E-state index in [2.05, 4.69) is 17.9 Å². The van der Waals surface area contributed by atoms with Gasteiger partial charge in [-0.15, -0.1) is 11.8 Å². The van der Waals surface area contributed by atoms with Crippen LogP contribution >= 0.6 is 0 Å². The van der Waals surface area contributed by atoms with Crippen molar-refractivity contribution in [3.05, 3.63) is 48.0 Å². The molecule has 0 aromatic heterocycles. The van der Waals surface area contributed by atoms with Crippen LogP contribution in [0.5, 0.6) is 0 Å². The highest BCUT2D eigenvalue weighted by Crippen LogP contribution is 2.55. The molecule has 3 aliphatic rings. The molecule has 1 unspecified atom stereocenters. The summed E-state index contributed by atoms with van der Waals surface area (Å²) in [4.78, 5) is 12.8. The van der Waals surface area contributed by atoms with Crippen molar-refractivity contribution in [2.24, 2.45) is 23.7 Å². The van der Waals surface area contributed by atoms with Gasteiger partial charge in [0, 0.05) is 25.2 Å². The molecular weight excluding hydrogens is 404 g/mol. The molecule has 3 fully saturated rings. The molecule has 5 nitrogen and oxygen atoms in total. The molecule has 1 spiro atoms. The van der Waals surface area contributed by atoms with Gasteiger partial charge >= 0.3 is 5.97 Å². The summed E-state index contributed by atoms with van der Waals surface area (Å²) in [6.07, 6.45) is 7.29. The van der Waals surface area contributed by atoms with E-state index in [0.717, 1.165) is 32.1 Å². The van der Waals surface area contributed by atoms with Crippen LogP contribution in [-0.2, 0) is 14.2 Å². The molecule has 1 N–H and O–H groups in total. The second-order valence-electron chi connectivity index (χ2n) is 9.38. The van der Waals surface area contributed by atoms with E-state index in [4.69, 9.17) is 14.2 Å². The lowest BCUT2D eigenvalue weighted by molar-refractivity contribution is -0.157. The third kappa shape index (κ3) is 5.09. The van der Waals surface area contributed by atoms with E-state index in [-0.39, 0.29) is 23.9 Å². The van der Waals surface area contributed by atoms with Gasteiger partial charge in [-0.05, 0) is 49.7 Å². The Balaban J connectivity index is 1.47. The lowest BCUT2D eigenvalue weighted by atomic mass is 9.89. The van der Waals surface area contributed by atoms with Gasteiger partial charge in [-0.1, -0.05) is 37.3 Å². The first-order valence-electron chi connectivity index (χ1n) is 11.8. The lowest BCUT2D eigenvalue weighted by Gasteiger charge is -2.27. The van der Waals surface area contributed by atoms with Crippen molar-refractivity contribution in [3.8, 4) is 11.8 Å². The van der Waals surface area contributed by atoms with Crippen LogP contribution in [-0.4, -0.2) is 42.3 Å². The van der Waals surface area contributed by atoms with Crippen LogP contribution in [0, 0.1) is 35.5 Å². The number of benzene rings is 1. The topological polar surface area (TPSA) is 65.0 Å². The number of ether oxygens (including phenoxy) is 3. The van der Waals surface area contributed by atoms with Crippen LogP contribution in [0.3, 0.4) is 0 Å². The molecule has 0 amide bonds. The van der Waals surface area contributed by atoms with Gasteiger partial charge in [0.2, 0.25) is 0 Å². The highest BCUT2D eigenvalue weighted by molar-refractivity contribution is 5.89. The number of fused-ring (bicyclic) bond motifs is 1. The number of esters is 1. The quantitative estimate of drug-likeness (QED) is 0.389. The number of hydrogen-bond donors (Lipinski definition) is 1. The highest BCUT2D eigenvalue weighted by atomic mass is 16.7. The Morgan fingerprint density at radius 1 is 1.28 bits per heavy atom. The largest absolute Gasteiger partial charge is 0.458 e. The first kappa shape index (κ1) is 23.0. The summed E-state index contributed by atoms with van der Waals surface area (Å²) < 4.78 is 17.9. The van der Waals surface area contributed by atoms with E-state index in [1.807, 2.05) is 38.1 Å². The molecule has 0 radical (unpaired) electrons. The van der Waals surface area contributed by atoms with Crippen LogP contribution in [0.4, 0.5) is 0 Å². The van der Waals surface area contributed by atoms with Crippen molar-refractivity contribution in [2.75, 3.05) is 13.2 Å². The minimum Gasteiger partial charge on any atom is -0.458 e. The first-order valence-corrected chi connectivity index (χ1v) is 11.8. The normalized spacial score (nSPS) is 30.1. The zero-order valence-electron chi connectivity index (χ0n) is 19.0. The molecule has 1 heterocycles. The van der Waals surface area contributed by atoms with E-state index in [1.54, 1.807) is 12.1 Å². The average Bonchev–Trinajstić information content (AvgIpc) is 3.48. The Kier molecular flexibility index (Phi) is 7.35. The van der Waals surface area contributed by atoms with E-state index in [1.165, 1.54) is 0 Å². The first-order chi connectivity index (χ1) is 15.5. The maximum absolute atomic E-state index is 12.8. The summed E-state index contributed by atoms with van der Waals surface area (Å²) in [5, 5.41) is 10.7. The maximum atomic E-state index is 12.8. The van der Waals surface area contributed by atoms with Gasteiger partial charge in [-0.2, -0.15) is 0 Å². The fraction of sp³-hybridized carbons (Fsp3) is 0.593. The number of carbonyl (C=O) groups excluding carboxylic acids is 1. The van der Waals surface area contributed by atoms with Crippen LogP contribution in [0.15, 0.2) is 42.5 Å². The van der Waals surface area contributed by atoms with Crippen molar-refractivity contribution >= 4 is 5.97 Å². The summed E-state index contributed by atoms with van der Waals surface area (Å²) in [5.41, 5.74) is 0.567. The zero-order valence-corrected chi connectivity index (χ0v) is 19.0. The number of carbonyl (C=O) groups is 1. The van der Waals surface area contributed by atoms with Crippen molar-refractivity contribution < 1.29 is 24.1 Å². The molecule has 6 atom stereocenters. The SMILES string of the molecule is CC#CCCC(C)[C@H](O)C=C[C@@H]1[C@H]2CC3(C[C@H]2C[C@H]1OC(=O)c1ccccc1)OCCO3. The van der Waals surface area contributed by atoms with Crippen molar-refractivity contribution in [2.45, 2.75) is 63.9 Å². The minimum absolute atomic E-state index is 0.0390. The molecule has 2 aliphatic carbocycles. The molecule has 172 valence electrons. The third-order valence-electron chi connectivity index (χ3n) is 7.28. The van der Waals surface area contributed by atoms with Gasteiger partial charge in [0.15, 0.2) is 5.79 Å². The van der Waals surface area contributed by atoms with Crippen LogP contribution in [0.2, 0.25) is 0 Å². The molecule has 1 aromatic rings. The molecule has 1 aromatic carbocycles. The molecule has 32 heavy (non-hydrogen) atoms. The molecule has 0 bridgehead atoms. The maximum Gasteiger partial charge on any atom is 0.338 e.